The highest BCUT2D eigenvalue weighted by Crippen LogP contribution is 2.30. The van der Waals surface area contributed by atoms with Gasteiger partial charge >= 0.3 is 0 Å². The first-order valence-corrected chi connectivity index (χ1v) is 5.97. The molecule has 0 saturated heterocycles. The molecule has 1 aromatic rings. The van der Waals surface area contributed by atoms with Gasteiger partial charge in [-0.15, -0.1) is 0 Å². The molecule has 0 radical (unpaired) electrons. The van der Waals surface area contributed by atoms with Gasteiger partial charge in [0.15, 0.2) is 11.5 Å². The number of hydrogen-bond donors (Lipinski definition) is 1. The largest absolute Gasteiger partial charge is 0.486 e. The monoisotopic (exact) mass is 237 g/mol. The van der Waals surface area contributed by atoms with Gasteiger partial charge in [0.2, 0.25) is 0 Å². The molecule has 2 rings (SSSR count). The Morgan fingerprint density at radius 2 is 2.00 bits per heavy atom. The Bertz CT molecular complexity index is 368. The average Bonchev–Trinajstić information content (AvgIpc) is 2.36. The zero-order chi connectivity index (χ0) is 12.1. The third kappa shape index (κ3) is 3.35. The van der Waals surface area contributed by atoms with Gasteiger partial charge < -0.3 is 19.5 Å². The maximum Gasteiger partial charge on any atom is 0.161 e. The summed E-state index contributed by atoms with van der Waals surface area (Å²) in [5.74, 6) is 1.67. The third-order valence-electron chi connectivity index (χ3n) is 2.76. The van der Waals surface area contributed by atoms with E-state index in [-0.39, 0.29) is 6.61 Å². The summed E-state index contributed by atoms with van der Waals surface area (Å²) in [5.41, 5.74) is 1.20. The SMILES string of the molecule is CN(CCCO)Cc1ccc2c(c1)OCCO2. The molecule has 0 fully saturated rings. The first-order valence-electron chi connectivity index (χ1n) is 5.97. The van der Waals surface area contributed by atoms with Crippen LogP contribution in [0.3, 0.4) is 0 Å². The van der Waals surface area contributed by atoms with Gasteiger partial charge in [0.05, 0.1) is 0 Å². The smallest absolute Gasteiger partial charge is 0.161 e. The quantitative estimate of drug-likeness (QED) is 0.837. The highest BCUT2D eigenvalue weighted by Gasteiger charge is 2.12. The van der Waals surface area contributed by atoms with Crippen LogP contribution in [0.25, 0.3) is 0 Å². The molecule has 94 valence electrons. The topological polar surface area (TPSA) is 41.9 Å². The summed E-state index contributed by atoms with van der Waals surface area (Å²) in [6.45, 7) is 3.24. The minimum atomic E-state index is 0.242. The van der Waals surface area contributed by atoms with Crippen molar-refractivity contribution >= 4 is 0 Å². The summed E-state index contributed by atoms with van der Waals surface area (Å²) in [6.07, 6.45) is 0.807. The summed E-state index contributed by atoms with van der Waals surface area (Å²) in [6, 6.07) is 6.05. The van der Waals surface area contributed by atoms with E-state index in [1.807, 2.05) is 19.2 Å². The van der Waals surface area contributed by atoms with E-state index in [0.29, 0.717) is 13.2 Å². The lowest BCUT2D eigenvalue weighted by Gasteiger charge is -2.20. The molecular weight excluding hydrogens is 218 g/mol. The number of benzene rings is 1. The molecule has 1 heterocycles. The van der Waals surface area contributed by atoms with E-state index in [2.05, 4.69) is 11.0 Å². The fourth-order valence-corrected chi connectivity index (χ4v) is 1.92. The van der Waals surface area contributed by atoms with Crippen molar-refractivity contribution in [3.8, 4) is 11.5 Å². The van der Waals surface area contributed by atoms with Gasteiger partial charge in [-0.1, -0.05) is 6.07 Å². The molecule has 0 amide bonds. The van der Waals surface area contributed by atoms with Crippen LogP contribution in [0, 0.1) is 0 Å². The van der Waals surface area contributed by atoms with Crippen LogP contribution in [0.2, 0.25) is 0 Å². The van der Waals surface area contributed by atoms with Gasteiger partial charge in [-0.2, -0.15) is 0 Å². The molecule has 0 unspecified atom stereocenters. The van der Waals surface area contributed by atoms with E-state index in [4.69, 9.17) is 14.6 Å². The molecular formula is C13H19NO3. The van der Waals surface area contributed by atoms with Gasteiger partial charge in [0.25, 0.3) is 0 Å². The van der Waals surface area contributed by atoms with E-state index >= 15 is 0 Å². The van der Waals surface area contributed by atoms with Crippen LogP contribution in [-0.4, -0.2) is 43.4 Å². The number of aliphatic hydroxyl groups excluding tert-OH is 1. The van der Waals surface area contributed by atoms with E-state index in [0.717, 1.165) is 31.0 Å². The van der Waals surface area contributed by atoms with E-state index in [1.54, 1.807) is 0 Å². The van der Waals surface area contributed by atoms with Gasteiger partial charge in [-0.25, -0.2) is 0 Å². The van der Waals surface area contributed by atoms with Crippen LogP contribution in [-0.2, 0) is 6.54 Å². The van der Waals surface area contributed by atoms with Gasteiger partial charge in [-0.05, 0) is 31.2 Å². The minimum absolute atomic E-state index is 0.242. The highest BCUT2D eigenvalue weighted by molar-refractivity contribution is 5.43. The number of rotatable bonds is 5. The standard InChI is InChI=1S/C13H19NO3/c1-14(5-2-6-15)10-11-3-4-12-13(9-11)17-8-7-16-12/h3-4,9,15H,2,5-8,10H2,1H3. The normalized spacial score (nSPS) is 14.1. The lowest BCUT2D eigenvalue weighted by molar-refractivity contribution is 0.171. The van der Waals surface area contributed by atoms with Crippen molar-refractivity contribution in [2.24, 2.45) is 0 Å². The first kappa shape index (κ1) is 12.2. The third-order valence-corrected chi connectivity index (χ3v) is 2.76. The first-order chi connectivity index (χ1) is 8.29. The molecule has 0 atom stereocenters. The van der Waals surface area contributed by atoms with Crippen LogP contribution in [0.1, 0.15) is 12.0 Å². The molecule has 1 aromatic carbocycles. The van der Waals surface area contributed by atoms with Crippen molar-refractivity contribution in [2.45, 2.75) is 13.0 Å². The van der Waals surface area contributed by atoms with E-state index in [9.17, 15) is 0 Å². The van der Waals surface area contributed by atoms with Crippen molar-refractivity contribution < 1.29 is 14.6 Å². The zero-order valence-electron chi connectivity index (χ0n) is 10.2. The van der Waals surface area contributed by atoms with Gasteiger partial charge in [0, 0.05) is 19.7 Å². The Hall–Kier alpha value is -1.26. The van der Waals surface area contributed by atoms with Crippen LogP contribution < -0.4 is 9.47 Å². The Morgan fingerprint density at radius 3 is 2.76 bits per heavy atom. The lowest BCUT2D eigenvalue weighted by Crippen LogP contribution is -2.20. The molecule has 0 aromatic heterocycles. The summed E-state index contributed by atoms with van der Waals surface area (Å²) in [7, 11) is 2.05. The molecule has 17 heavy (non-hydrogen) atoms. The van der Waals surface area contributed by atoms with E-state index in [1.165, 1.54) is 5.56 Å². The number of fused-ring (bicyclic) bond motifs is 1. The van der Waals surface area contributed by atoms with Crippen LogP contribution >= 0.6 is 0 Å². The van der Waals surface area contributed by atoms with Crippen LogP contribution in [0.15, 0.2) is 18.2 Å². The highest BCUT2D eigenvalue weighted by atomic mass is 16.6. The summed E-state index contributed by atoms with van der Waals surface area (Å²) < 4.78 is 11.0. The van der Waals surface area contributed by atoms with Crippen molar-refractivity contribution in [2.75, 3.05) is 33.4 Å². The average molecular weight is 237 g/mol. The summed E-state index contributed by atoms with van der Waals surface area (Å²) in [4.78, 5) is 2.18. The number of hydrogen-bond acceptors (Lipinski definition) is 4. The van der Waals surface area contributed by atoms with Crippen LogP contribution in [0.4, 0.5) is 0 Å². The predicted octanol–water partition coefficient (Wildman–Crippen LogP) is 1.27. The Balaban J connectivity index is 1.97. The fraction of sp³-hybridized carbons (Fsp3) is 0.538. The van der Waals surface area contributed by atoms with Gasteiger partial charge in [-0.3, -0.25) is 0 Å². The second-order valence-electron chi connectivity index (χ2n) is 4.29. The molecule has 0 bridgehead atoms. The fourth-order valence-electron chi connectivity index (χ4n) is 1.92. The van der Waals surface area contributed by atoms with E-state index < -0.39 is 0 Å². The maximum absolute atomic E-state index is 8.78. The second-order valence-corrected chi connectivity index (χ2v) is 4.29. The maximum atomic E-state index is 8.78. The lowest BCUT2D eigenvalue weighted by atomic mass is 10.2. The molecule has 0 spiro atoms. The molecule has 0 saturated carbocycles. The Morgan fingerprint density at radius 1 is 1.24 bits per heavy atom. The van der Waals surface area contributed by atoms with Gasteiger partial charge in [0.1, 0.15) is 13.2 Å². The van der Waals surface area contributed by atoms with Crippen molar-refractivity contribution in [1.82, 2.24) is 4.90 Å². The van der Waals surface area contributed by atoms with Crippen molar-refractivity contribution in [3.63, 3.8) is 0 Å². The number of nitrogens with zero attached hydrogens (tertiary/aromatic N) is 1. The molecule has 1 aliphatic rings. The Labute approximate surface area is 102 Å². The molecule has 4 nitrogen and oxygen atoms in total. The number of aliphatic hydroxyl groups is 1. The second kappa shape index (κ2) is 5.89. The minimum Gasteiger partial charge on any atom is -0.486 e. The molecule has 0 aliphatic carbocycles. The van der Waals surface area contributed by atoms with Crippen LogP contribution in [0.5, 0.6) is 11.5 Å². The van der Waals surface area contributed by atoms with Crippen molar-refractivity contribution in [1.29, 1.82) is 0 Å². The van der Waals surface area contributed by atoms with Crippen molar-refractivity contribution in [3.05, 3.63) is 23.8 Å². The molecule has 1 aliphatic heterocycles. The zero-order valence-corrected chi connectivity index (χ0v) is 10.2. The molecule has 4 heteroatoms. The Kier molecular flexibility index (Phi) is 4.23. The summed E-state index contributed by atoms with van der Waals surface area (Å²) >= 11 is 0. The summed E-state index contributed by atoms with van der Waals surface area (Å²) in [5, 5.41) is 8.78. The molecule has 1 N–H and O–H groups in total. The predicted molar refractivity (Wildman–Crippen MR) is 65.5 cm³/mol. The number of ether oxygens (including phenoxy) is 2.